The maximum Gasteiger partial charge on any atom is 0.416 e. The first-order valence-electron chi connectivity index (χ1n) is 11.6. The number of hydrogen-bond donors (Lipinski definition) is 2. The molecule has 0 radical (unpaired) electrons. The maximum atomic E-state index is 12.9. The molecule has 2 heterocycles. The Morgan fingerprint density at radius 1 is 0.730 bits per heavy atom. The minimum Gasteiger partial charge on any atom is -0.478 e. The lowest BCUT2D eigenvalue weighted by Gasteiger charge is -2.22. The number of nitrogens with zero attached hydrogens (tertiary/aromatic N) is 2. The second kappa shape index (κ2) is 10.1. The SMILES string of the molecule is CC(C)(C1=N[C@H](CNc2cccc(C(F)(F)F)c2)CO1)C1=N[C@H](CNc2cccc(C(F)(F)F)c2)CO1. The molecule has 0 spiro atoms. The molecule has 0 fully saturated rings. The zero-order chi connectivity index (χ0) is 26.8. The van der Waals surface area contributed by atoms with E-state index in [0.29, 0.717) is 23.2 Å². The summed E-state index contributed by atoms with van der Waals surface area (Å²) in [7, 11) is 0. The molecule has 6 nitrogen and oxygen atoms in total. The van der Waals surface area contributed by atoms with E-state index in [1.54, 1.807) is 12.1 Å². The number of benzene rings is 2. The van der Waals surface area contributed by atoms with Gasteiger partial charge in [-0.15, -0.1) is 0 Å². The number of hydrogen-bond acceptors (Lipinski definition) is 6. The third-order valence-corrected chi connectivity index (χ3v) is 5.96. The Morgan fingerprint density at radius 3 is 1.51 bits per heavy atom. The van der Waals surface area contributed by atoms with Gasteiger partial charge in [0, 0.05) is 24.5 Å². The van der Waals surface area contributed by atoms with Gasteiger partial charge in [0.1, 0.15) is 30.7 Å². The number of rotatable bonds is 8. The van der Waals surface area contributed by atoms with Crippen LogP contribution in [0.1, 0.15) is 25.0 Å². The highest BCUT2D eigenvalue weighted by Gasteiger charge is 2.41. The van der Waals surface area contributed by atoms with E-state index in [-0.39, 0.29) is 38.4 Å². The van der Waals surface area contributed by atoms with Crippen LogP contribution in [-0.4, -0.2) is 50.2 Å². The molecular weight excluding hydrogens is 502 g/mol. The van der Waals surface area contributed by atoms with Crippen molar-refractivity contribution >= 4 is 23.2 Å². The van der Waals surface area contributed by atoms with Crippen LogP contribution in [0, 0.1) is 5.41 Å². The topological polar surface area (TPSA) is 67.2 Å². The van der Waals surface area contributed by atoms with Gasteiger partial charge in [0.05, 0.1) is 11.1 Å². The Labute approximate surface area is 209 Å². The number of aliphatic imine (C=N–C) groups is 2. The van der Waals surface area contributed by atoms with E-state index in [1.165, 1.54) is 12.1 Å². The monoisotopic (exact) mass is 528 g/mol. The fourth-order valence-corrected chi connectivity index (χ4v) is 3.90. The highest BCUT2D eigenvalue weighted by Crippen LogP contribution is 2.33. The first kappa shape index (κ1) is 26.6. The molecule has 2 aliphatic rings. The molecule has 2 aromatic carbocycles. The van der Waals surface area contributed by atoms with Crippen LogP contribution in [0.4, 0.5) is 37.7 Å². The predicted octanol–water partition coefficient (Wildman–Crippen LogP) is 5.87. The lowest BCUT2D eigenvalue weighted by atomic mass is 9.93. The highest BCUT2D eigenvalue weighted by molar-refractivity contribution is 6.05. The van der Waals surface area contributed by atoms with Crippen molar-refractivity contribution in [2.75, 3.05) is 36.9 Å². The molecule has 0 aromatic heterocycles. The highest BCUT2D eigenvalue weighted by atomic mass is 19.4. The number of ether oxygens (including phenoxy) is 2. The number of anilines is 2. The zero-order valence-corrected chi connectivity index (χ0v) is 20.1. The summed E-state index contributed by atoms with van der Waals surface area (Å²) in [5.74, 6) is 0.794. The van der Waals surface area contributed by atoms with Crippen molar-refractivity contribution in [3.8, 4) is 0 Å². The van der Waals surface area contributed by atoms with E-state index in [4.69, 9.17) is 9.47 Å². The quantitative estimate of drug-likeness (QED) is 0.421. The molecule has 0 saturated heterocycles. The second-order valence-corrected chi connectivity index (χ2v) is 9.34. The van der Waals surface area contributed by atoms with Crippen molar-refractivity contribution in [3.05, 3.63) is 59.7 Å². The molecule has 0 amide bonds. The molecule has 12 heteroatoms. The van der Waals surface area contributed by atoms with Gasteiger partial charge in [0.15, 0.2) is 11.8 Å². The summed E-state index contributed by atoms with van der Waals surface area (Å²) in [6, 6.07) is 9.24. The second-order valence-electron chi connectivity index (χ2n) is 9.34. The average molecular weight is 528 g/mol. The molecule has 0 saturated carbocycles. The molecule has 200 valence electrons. The smallest absolute Gasteiger partial charge is 0.416 e. The molecule has 2 N–H and O–H groups in total. The lowest BCUT2D eigenvalue weighted by Crippen LogP contribution is -2.34. The Morgan fingerprint density at radius 2 is 1.14 bits per heavy atom. The lowest BCUT2D eigenvalue weighted by molar-refractivity contribution is -0.138. The van der Waals surface area contributed by atoms with Crippen LogP contribution >= 0.6 is 0 Å². The van der Waals surface area contributed by atoms with E-state index in [1.807, 2.05) is 13.8 Å². The normalized spacial score (nSPS) is 20.1. The largest absolute Gasteiger partial charge is 0.478 e. The van der Waals surface area contributed by atoms with Gasteiger partial charge in [-0.05, 0) is 50.2 Å². The molecule has 0 unspecified atom stereocenters. The minimum absolute atomic E-state index is 0.249. The molecule has 2 atom stereocenters. The summed E-state index contributed by atoms with van der Waals surface area (Å²) in [4.78, 5) is 9.14. The Hall–Kier alpha value is -3.44. The van der Waals surface area contributed by atoms with Crippen molar-refractivity contribution in [1.29, 1.82) is 0 Å². The summed E-state index contributed by atoms with van der Waals surface area (Å²) in [5, 5.41) is 5.93. The molecule has 37 heavy (non-hydrogen) atoms. The first-order valence-corrected chi connectivity index (χ1v) is 11.6. The fourth-order valence-electron chi connectivity index (χ4n) is 3.90. The first-order chi connectivity index (χ1) is 17.3. The Bertz CT molecular complexity index is 1090. The molecule has 0 aliphatic carbocycles. The van der Waals surface area contributed by atoms with Crippen LogP contribution in [0.2, 0.25) is 0 Å². The summed E-state index contributed by atoms with van der Waals surface area (Å²) >= 11 is 0. The number of halogens is 6. The van der Waals surface area contributed by atoms with Gasteiger partial charge in [0.2, 0.25) is 0 Å². The van der Waals surface area contributed by atoms with Crippen LogP contribution in [0.3, 0.4) is 0 Å². The van der Waals surface area contributed by atoms with Crippen LogP contribution < -0.4 is 10.6 Å². The predicted molar refractivity (Wildman–Crippen MR) is 128 cm³/mol. The van der Waals surface area contributed by atoms with E-state index in [0.717, 1.165) is 24.3 Å². The summed E-state index contributed by atoms with van der Waals surface area (Å²) in [5.41, 5.74) is -1.61. The van der Waals surface area contributed by atoms with Crippen LogP contribution in [0.25, 0.3) is 0 Å². The van der Waals surface area contributed by atoms with Gasteiger partial charge < -0.3 is 20.1 Å². The molecule has 4 rings (SSSR count). The summed E-state index contributed by atoms with van der Waals surface area (Å²) < 4.78 is 89.1. The maximum absolute atomic E-state index is 12.9. The van der Waals surface area contributed by atoms with Gasteiger partial charge >= 0.3 is 12.4 Å². The van der Waals surface area contributed by atoms with Crippen LogP contribution in [0.5, 0.6) is 0 Å². The van der Waals surface area contributed by atoms with E-state index < -0.39 is 28.9 Å². The van der Waals surface area contributed by atoms with E-state index in [9.17, 15) is 26.3 Å². The van der Waals surface area contributed by atoms with Crippen molar-refractivity contribution in [2.45, 2.75) is 38.3 Å². The third-order valence-electron chi connectivity index (χ3n) is 5.96. The van der Waals surface area contributed by atoms with Crippen molar-refractivity contribution < 1.29 is 35.8 Å². The van der Waals surface area contributed by atoms with Crippen LogP contribution in [-0.2, 0) is 21.8 Å². The minimum atomic E-state index is -4.42. The van der Waals surface area contributed by atoms with Gasteiger partial charge in [-0.25, -0.2) is 9.98 Å². The van der Waals surface area contributed by atoms with Crippen molar-refractivity contribution in [1.82, 2.24) is 0 Å². The van der Waals surface area contributed by atoms with Crippen LogP contribution in [0.15, 0.2) is 58.5 Å². The zero-order valence-electron chi connectivity index (χ0n) is 20.1. The molecule has 2 aromatic rings. The van der Waals surface area contributed by atoms with Crippen molar-refractivity contribution in [3.63, 3.8) is 0 Å². The summed E-state index contributed by atoms with van der Waals surface area (Å²) in [6.07, 6.45) is -8.85. The Kier molecular flexibility index (Phi) is 7.29. The fraction of sp³-hybridized carbons (Fsp3) is 0.440. The third kappa shape index (κ3) is 6.47. The van der Waals surface area contributed by atoms with Gasteiger partial charge in [0.25, 0.3) is 0 Å². The Balaban J connectivity index is 1.34. The molecule has 2 aliphatic heterocycles. The van der Waals surface area contributed by atoms with Gasteiger partial charge in [-0.2, -0.15) is 26.3 Å². The standard InChI is InChI=1S/C25H26F6N4O2/c1-23(2,21-34-19(13-36-21)11-32-17-7-3-5-15(9-17)24(26,27)28)22-35-20(14-37-22)12-33-18-8-4-6-16(10-18)25(29,30)31/h3-10,19-20,32-33H,11-14H2,1-2H3/t19-,20-/m1/s1. The van der Waals surface area contributed by atoms with E-state index >= 15 is 0 Å². The summed E-state index contributed by atoms with van der Waals surface area (Å²) in [6.45, 7) is 4.71. The molecule has 0 bridgehead atoms. The molecular formula is C25H26F6N4O2. The number of nitrogens with one attached hydrogen (secondary N) is 2. The number of alkyl halides is 6. The van der Waals surface area contributed by atoms with E-state index in [2.05, 4.69) is 20.6 Å². The van der Waals surface area contributed by atoms with Crippen molar-refractivity contribution in [2.24, 2.45) is 15.4 Å². The van der Waals surface area contributed by atoms with Gasteiger partial charge in [-0.3, -0.25) is 0 Å². The average Bonchev–Trinajstić information content (AvgIpc) is 3.51. The van der Waals surface area contributed by atoms with Gasteiger partial charge in [-0.1, -0.05) is 12.1 Å².